The molecule has 0 spiro atoms. The number of thiazole rings is 1. The molecular formula is C20H22N2O3S. The molecule has 1 heterocycles. The van der Waals surface area contributed by atoms with Crippen LogP contribution in [0.25, 0.3) is 10.2 Å². The van der Waals surface area contributed by atoms with Crippen LogP contribution in [0.4, 0.5) is 5.69 Å². The number of hydrogen-bond acceptors (Lipinski definition) is 4. The van der Waals surface area contributed by atoms with E-state index in [1.165, 1.54) is 11.3 Å². The molecule has 3 rings (SSSR count). The van der Waals surface area contributed by atoms with E-state index in [0.717, 1.165) is 21.5 Å². The molecule has 6 heteroatoms. The van der Waals surface area contributed by atoms with Gasteiger partial charge in [-0.3, -0.25) is 14.2 Å². The highest BCUT2D eigenvalue weighted by Gasteiger charge is 2.13. The number of amides is 1. The average Bonchev–Trinajstić information content (AvgIpc) is 2.91. The third-order valence-corrected chi connectivity index (χ3v) is 5.04. The van der Waals surface area contributed by atoms with Gasteiger partial charge in [0.05, 0.1) is 16.8 Å². The summed E-state index contributed by atoms with van der Waals surface area (Å²) in [5, 5.41) is 2.90. The Morgan fingerprint density at radius 2 is 2.00 bits per heavy atom. The van der Waals surface area contributed by atoms with Gasteiger partial charge in [0.25, 0.3) is 5.91 Å². The lowest BCUT2D eigenvalue weighted by molar-refractivity contribution is 0.102. The summed E-state index contributed by atoms with van der Waals surface area (Å²) in [6, 6.07) is 11.0. The topological polar surface area (TPSA) is 60.3 Å². The molecule has 5 nitrogen and oxygen atoms in total. The van der Waals surface area contributed by atoms with E-state index >= 15 is 0 Å². The number of carbonyl (C=O) groups excluding carboxylic acids is 1. The lowest BCUT2D eigenvalue weighted by atomic mass is 10.1. The number of fused-ring (bicyclic) bond motifs is 1. The van der Waals surface area contributed by atoms with E-state index in [9.17, 15) is 9.59 Å². The number of nitrogens with one attached hydrogen (secondary N) is 1. The van der Waals surface area contributed by atoms with Gasteiger partial charge in [0, 0.05) is 17.3 Å². The number of aromatic nitrogens is 1. The van der Waals surface area contributed by atoms with Crippen molar-refractivity contribution in [2.75, 3.05) is 11.9 Å². The van der Waals surface area contributed by atoms with Crippen LogP contribution in [0.2, 0.25) is 0 Å². The van der Waals surface area contributed by atoms with Crippen LogP contribution in [-0.2, 0) is 0 Å². The van der Waals surface area contributed by atoms with Crippen LogP contribution in [0.15, 0.2) is 41.2 Å². The number of hydrogen-bond donors (Lipinski definition) is 1. The third kappa shape index (κ3) is 3.51. The summed E-state index contributed by atoms with van der Waals surface area (Å²) in [6.45, 7) is 8.40. The van der Waals surface area contributed by atoms with Gasteiger partial charge in [-0.25, -0.2) is 0 Å². The first kappa shape index (κ1) is 18.2. The van der Waals surface area contributed by atoms with Gasteiger partial charge in [-0.2, -0.15) is 0 Å². The molecule has 1 N–H and O–H groups in total. The van der Waals surface area contributed by atoms with Crippen LogP contribution in [-0.4, -0.2) is 17.1 Å². The third-order valence-electron chi connectivity index (χ3n) is 4.12. The summed E-state index contributed by atoms with van der Waals surface area (Å²) >= 11 is 1.19. The Hall–Kier alpha value is -2.60. The largest absolute Gasteiger partial charge is 0.494 e. The SMILES string of the molecule is CCOc1ccc(C(=O)Nc2ccc3c(c2)sc(=O)n3C(C)C)cc1C. The quantitative estimate of drug-likeness (QED) is 0.714. The summed E-state index contributed by atoms with van der Waals surface area (Å²) in [6.07, 6.45) is 0. The van der Waals surface area contributed by atoms with E-state index in [0.29, 0.717) is 17.9 Å². The van der Waals surface area contributed by atoms with Gasteiger partial charge in [-0.1, -0.05) is 11.3 Å². The molecule has 2 aromatic carbocycles. The zero-order valence-corrected chi connectivity index (χ0v) is 16.1. The lowest BCUT2D eigenvalue weighted by Gasteiger charge is -2.10. The Bertz CT molecular complexity index is 1020. The van der Waals surface area contributed by atoms with Crippen molar-refractivity contribution in [2.45, 2.75) is 33.7 Å². The van der Waals surface area contributed by atoms with Crippen LogP contribution in [0, 0.1) is 6.92 Å². The minimum atomic E-state index is -0.189. The van der Waals surface area contributed by atoms with E-state index in [-0.39, 0.29) is 16.8 Å². The fraction of sp³-hybridized carbons (Fsp3) is 0.300. The van der Waals surface area contributed by atoms with Crippen molar-refractivity contribution < 1.29 is 9.53 Å². The molecule has 26 heavy (non-hydrogen) atoms. The van der Waals surface area contributed by atoms with E-state index in [1.807, 2.05) is 58.0 Å². The maximum absolute atomic E-state index is 12.5. The number of aryl methyl sites for hydroxylation is 1. The van der Waals surface area contributed by atoms with Crippen molar-refractivity contribution in [3.63, 3.8) is 0 Å². The molecule has 0 saturated heterocycles. The fourth-order valence-corrected chi connectivity index (χ4v) is 3.97. The highest BCUT2D eigenvalue weighted by molar-refractivity contribution is 7.16. The Kier molecular flexibility index (Phi) is 5.13. The second kappa shape index (κ2) is 7.33. The number of carbonyl (C=O) groups is 1. The number of rotatable bonds is 5. The number of anilines is 1. The summed E-state index contributed by atoms with van der Waals surface area (Å²) in [7, 11) is 0. The van der Waals surface area contributed by atoms with Crippen molar-refractivity contribution in [2.24, 2.45) is 0 Å². The van der Waals surface area contributed by atoms with Crippen LogP contribution in [0.1, 0.15) is 42.7 Å². The molecule has 0 radical (unpaired) electrons. The Labute approximate surface area is 156 Å². The summed E-state index contributed by atoms with van der Waals surface area (Å²) in [5.74, 6) is 0.594. The van der Waals surface area contributed by atoms with Crippen LogP contribution in [0.3, 0.4) is 0 Å². The van der Waals surface area contributed by atoms with Crippen molar-refractivity contribution >= 4 is 33.1 Å². The molecule has 0 atom stereocenters. The van der Waals surface area contributed by atoms with Crippen molar-refractivity contribution in [3.05, 3.63) is 57.2 Å². The van der Waals surface area contributed by atoms with Gasteiger partial charge >= 0.3 is 4.87 Å². The molecule has 136 valence electrons. The molecule has 0 fully saturated rings. The van der Waals surface area contributed by atoms with Gasteiger partial charge in [0.2, 0.25) is 0 Å². The van der Waals surface area contributed by atoms with E-state index in [1.54, 1.807) is 10.6 Å². The molecule has 0 aliphatic heterocycles. The normalized spacial score (nSPS) is 11.1. The number of ether oxygens (including phenoxy) is 1. The lowest BCUT2D eigenvalue weighted by Crippen LogP contribution is -2.14. The van der Waals surface area contributed by atoms with Gasteiger partial charge in [-0.15, -0.1) is 0 Å². The first-order valence-electron chi connectivity index (χ1n) is 8.60. The Balaban J connectivity index is 1.85. The Morgan fingerprint density at radius 3 is 2.65 bits per heavy atom. The first-order chi connectivity index (χ1) is 12.4. The molecule has 0 saturated carbocycles. The van der Waals surface area contributed by atoms with Crippen molar-refractivity contribution in [1.82, 2.24) is 4.57 Å². The summed E-state index contributed by atoms with van der Waals surface area (Å²) < 4.78 is 8.14. The van der Waals surface area contributed by atoms with E-state index < -0.39 is 0 Å². The summed E-state index contributed by atoms with van der Waals surface area (Å²) in [4.78, 5) is 24.7. The monoisotopic (exact) mass is 370 g/mol. The zero-order chi connectivity index (χ0) is 18.8. The van der Waals surface area contributed by atoms with Gasteiger partial charge < -0.3 is 10.1 Å². The molecule has 0 unspecified atom stereocenters. The highest BCUT2D eigenvalue weighted by atomic mass is 32.1. The smallest absolute Gasteiger partial charge is 0.308 e. The predicted molar refractivity (Wildman–Crippen MR) is 107 cm³/mol. The fourth-order valence-electron chi connectivity index (χ4n) is 2.91. The maximum Gasteiger partial charge on any atom is 0.308 e. The minimum absolute atomic E-state index is 0.0145. The van der Waals surface area contributed by atoms with Gasteiger partial charge in [0.1, 0.15) is 5.75 Å². The van der Waals surface area contributed by atoms with Crippen molar-refractivity contribution in [1.29, 1.82) is 0 Å². The van der Waals surface area contributed by atoms with Gasteiger partial charge in [0.15, 0.2) is 0 Å². The second-order valence-corrected chi connectivity index (χ2v) is 7.37. The van der Waals surface area contributed by atoms with Crippen molar-refractivity contribution in [3.8, 4) is 5.75 Å². The molecule has 1 aromatic heterocycles. The van der Waals surface area contributed by atoms with E-state index in [4.69, 9.17) is 4.74 Å². The molecule has 1 amide bonds. The molecule has 0 aliphatic rings. The molecular weight excluding hydrogens is 348 g/mol. The average molecular weight is 370 g/mol. The number of nitrogens with zero attached hydrogens (tertiary/aromatic N) is 1. The minimum Gasteiger partial charge on any atom is -0.494 e. The predicted octanol–water partition coefficient (Wildman–Crippen LogP) is 4.60. The molecule has 0 aliphatic carbocycles. The standard InChI is InChI=1S/C20H22N2O3S/c1-5-25-17-9-6-14(10-13(17)4)19(23)21-15-7-8-16-18(11-15)26-20(24)22(16)12(2)3/h6-12H,5H2,1-4H3,(H,21,23). The van der Waals surface area contributed by atoms with Crippen LogP contribution < -0.4 is 14.9 Å². The van der Waals surface area contributed by atoms with Gasteiger partial charge in [-0.05, 0) is 69.7 Å². The highest BCUT2D eigenvalue weighted by Crippen LogP contribution is 2.25. The first-order valence-corrected chi connectivity index (χ1v) is 9.42. The van der Waals surface area contributed by atoms with E-state index in [2.05, 4.69) is 5.32 Å². The number of benzene rings is 2. The molecule has 3 aromatic rings. The summed E-state index contributed by atoms with van der Waals surface area (Å²) in [5.41, 5.74) is 3.05. The Morgan fingerprint density at radius 1 is 1.23 bits per heavy atom. The maximum atomic E-state index is 12.5. The second-order valence-electron chi connectivity index (χ2n) is 6.38. The van der Waals surface area contributed by atoms with Crippen LogP contribution in [0.5, 0.6) is 5.75 Å². The molecule has 0 bridgehead atoms. The zero-order valence-electron chi connectivity index (χ0n) is 15.3. The van der Waals surface area contributed by atoms with Crippen LogP contribution >= 0.6 is 11.3 Å².